The van der Waals surface area contributed by atoms with Crippen molar-refractivity contribution in [1.29, 1.82) is 5.26 Å². The third kappa shape index (κ3) is 3.10. The maximum atomic E-state index is 14.3. The Kier molecular flexibility index (Phi) is 4.70. The van der Waals surface area contributed by atoms with Crippen molar-refractivity contribution in [2.24, 2.45) is 7.05 Å². The molecule has 0 radical (unpaired) electrons. The fraction of sp³-hybridized carbons (Fsp3) is 0.0909. The first-order valence-electron chi connectivity index (χ1n) is 12.4. The summed E-state index contributed by atoms with van der Waals surface area (Å²) in [5.41, 5.74) is 8.38. The first kappa shape index (κ1) is 22.3. The molecule has 0 fully saturated rings. The lowest BCUT2D eigenvalue weighted by Gasteiger charge is -2.07. The maximum absolute atomic E-state index is 14.3. The molecule has 0 saturated carbocycles. The molecule has 0 aliphatic rings. The minimum Gasteiger partial charge on any atom is -0.456 e. The molecule has 5 heteroatoms. The third-order valence-electron chi connectivity index (χ3n) is 7.48. The van der Waals surface area contributed by atoms with Gasteiger partial charge in [-0.3, -0.25) is 0 Å². The number of nitriles is 1. The summed E-state index contributed by atoms with van der Waals surface area (Å²) in [5.74, 6) is -0.257. The van der Waals surface area contributed by atoms with Gasteiger partial charge in [0.15, 0.2) is 5.82 Å². The van der Waals surface area contributed by atoms with E-state index in [2.05, 4.69) is 18.2 Å². The van der Waals surface area contributed by atoms with Gasteiger partial charge in [-0.15, -0.1) is 0 Å². The molecule has 0 saturated heterocycles. The van der Waals surface area contributed by atoms with Gasteiger partial charge in [0.2, 0.25) is 11.9 Å². The zero-order valence-corrected chi connectivity index (χ0v) is 21.1. The Morgan fingerprint density at radius 2 is 1.45 bits per heavy atom. The molecule has 38 heavy (non-hydrogen) atoms. The number of fused-ring (bicyclic) bond motifs is 6. The molecule has 7 rings (SSSR count). The van der Waals surface area contributed by atoms with Crippen LogP contribution in [0.5, 0.6) is 0 Å². The average Bonchev–Trinajstić information content (AvgIpc) is 3.48. The number of nitrogens with zero attached hydrogens (tertiary/aromatic N) is 2. The van der Waals surface area contributed by atoms with Crippen LogP contribution in [0.4, 0.5) is 4.39 Å². The van der Waals surface area contributed by atoms with Gasteiger partial charge >= 0.3 is 0 Å². The van der Waals surface area contributed by atoms with Gasteiger partial charge < -0.3 is 8.83 Å². The van der Waals surface area contributed by atoms with E-state index in [4.69, 9.17) is 8.83 Å². The number of pyridine rings is 1. The van der Waals surface area contributed by atoms with Crippen molar-refractivity contribution in [2.45, 2.75) is 13.8 Å². The van der Waals surface area contributed by atoms with Gasteiger partial charge in [0, 0.05) is 33.2 Å². The van der Waals surface area contributed by atoms with Crippen molar-refractivity contribution >= 4 is 43.9 Å². The largest absolute Gasteiger partial charge is 0.456 e. The highest BCUT2D eigenvalue weighted by Gasteiger charge is 2.24. The zero-order valence-electron chi connectivity index (χ0n) is 21.1. The molecule has 182 valence electrons. The second kappa shape index (κ2) is 8.03. The Hall–Kier alpha value is -4.95. The summed E-state index contributed by atoms with van der Waals surface area (Å²) in [7, 11) is 1.83. The second-order valence-electron chi connectivity index (χ2n) is 9.82. The highest BCUT2D eigenvalue weighted by Crippen LogP contribution is 2.43. The molecule has 0 unspecified atom stereocenters. The van der Waals surface area contributed by atoms with Crippen LogP contribution >= 0.6 is 0 Å². The van der Waals surface area contributed by atoms with Crippen molar-refractivity contribution in [3.63, 3.8) is 0 Å². The first-order valence-corrected chi connectivity index (χ1v) is 12.4. The van der Waals surface area contributed by atoms with Crippen LogP contribution < -0.4 is 4.57 Å². The predicted octanol–water partition coefficient (Wildman–Crippen LogP) is 8.27. The molecule has 0 spiro atoms. The van der Waals surface area contributed by atoms with E-state index in [1.807, 2.05) is 74.6 Å². The second-order valence-corrected chi connectivity index (χ2v) is 9.82. The van der Waals surface area contributed by atoms with E-state index in [1.165, 1.54) is 6.20 Å². The molecule has 4 aromatic carbocycles. The van der Waals surface area contributed by atoms with Crippen molar-refractivity contribution in [2.75, 3.05) is 0 Å². The van der Waals surface area contributed by atoms with Crippen molar-refractivity contribution in [1.82, 2.24) is 0 Å². The summed E-state index contributed by atoms with van der Waals surface area (Å²) in [6.07, 6.45) is 1.49. The quantitative estimate of drug-likeness (QED) is 0.226. The zero-order chi connectivity index (χ0) is 26.1. The van der Waals surface area contributed by atoms with E-state index in [0.717, 1.165) is 60.7 Å². The number of furan rings is 2. The van der Waals surface area contributed by atoms with Crippen LogP contribution in [0.2, 0.25) is 0 Å². The number of para-hydroxylation sites is 1. The van der Waals surface area contributed by atoms with Gasteiger partial charge in [0.05, 0.1) is 17.2 Å². The fourth-order valence-corrected chi connectivity index (χ4v) is 5.55. The van der Waals surface area contributed by atoms with Gasteiger partial charge in [0.25, 0.3) is 0 Å². The number of hydrogen-bond donors (Lipinski definition) is 0. The van der Waals surface area contributed by atoms with Crippen LogP contribution in [0.3, 0.4) is 0 Å². The SMILES string of the molecule is Cc1cc(-c2c(C)ccc3c2oc2c(-c4ccc5c(c4)oc4ccccc45)c(C#N)ccc23)[n+](C)cc1F. The Morgan fingerprint density at radius 1 is 0.737 bits per heavy atom. The number of aryl methyl sites for hydroxylation is 3. The fourth-order valence-electron chi connectivity index (χ4n) is 5.55. The highest BCUT2D eigenvalue weighted by atomic mass is 19.1. The molecule has 4 nitrogen and oxygen atoms in total. The van der Waals surface area contributed by atoms with Gasteiger partial charge in [-0.1, -0.05) is 36.4 Å². The topological polar surface area (TPSA) is 54.0 Å². The molecule has 0 N–H and O–H groups in total. The molecule has 0 aliphatic heterocycles. The lowest BCUT2D eigenvalue weighted by Crippen LogP contribution is -2.31. The summed E-state index contributed by atoms with van der Waals surface area (Å²) in [5, 5.41) is 14.0. The molecule has 3 heterocycles. The predicted molar refractivity (Wildman–Crippen MR) is 147 cm³/mol. The molecular formula is C33H22FN2O2+. The summed E-state index contributed by atoms with van der Waals surface area (Å²) in [6.45, 7) is 3.79. The molecule has 0 aliphatic carbocycles. The van der Waals surface area contributed by atoms with E-state index >= 15 is 0 Å². The van der Waals surface area contributed by atoms with Crippen molar-refractivity contribution in [3.8, 4) is 28.5 Å². The number of rotatable bonds is 2. The molecule has 3 aromatic heterocycles. The number of aromatic nitrogens is 1. The van der Waals surface area contributed by atoms with Crippen LogP contribution in [0.25, 0.3) is 66.3 Å². The van der Waals surface area contributed by atoms with Gasteiger partial charge in [-0.05, 0) is 60.9 Å². The van der Waals surface area contributed by atoms with E-state index < -0.39 is 0 Å². The summed E-state index contributed by atoms with van der Waals surface area (Å²) >= 11 is 0. The Morgan fingerprint density at radius 3 is 2.26 bits per heavy atom. The van der Waals surface area contributed by atoms with E-state index in [1.54, 1.807) is 11.5 Å². The van der Waals surface area contributed by atoms with Crippen LogP contribution in [0.1, 0.15) is 16.7 Å². The van der Waals surface area contributed by atoms with E-state index in [-0.39, 0.29) is 5.82 Å². The van der Waals surface area contributed by atoms with Crippen LogP contribution in [-0.2, 0) is 7.05 Å². The monoisotopic (exact) mass is 497 g/mol. The van der Waals surface area contributed by atoms with Crippen LogP contribution in [0.15, 0.2) is 87.8 Å². The standard InChI is InChI=1S/C33H22FN2O2/c1-18-8-11-24-25-13-10-21(16-35)31(20-9-12-23-22-6-4-5-7-28(22)37-29(23)15-20)33(25)38-32(24)30(18)27-14-19(2)26(34)17-36(27)3/h4-15,17H,1-3H3/q+1. The van der Waals surface area contributed by atoms with Crippen molar-refractivity contribution in [3.05, 3.63) is 102 Å². The minimum atomic E-state index is -0.257. The van der Waals surface area contributed by atoms with Crippen LogP contribution in [0, 0.1) is 31.0 Å². The molecule has 0 amide bonds. The number of benzene rings is 4. The highest BCUT2D eigenvalue weighted by molar-refractivity contribution is 6.14. The number of hydrogen-bond acceptors (Lipinski definition) is 3. The molecule has 7 aromatic rings. The maximum Gasteiger partial charge on any atom is 0.216 e. The normalized spacial score (nSPS) is 11.7. The summed E-state index contributed by atoms with van der Waals surface area (Å²) < 4.78 is 28.9. The smallest absolute Gasteiger partial charge is 0.216 e. The van der Waals surface area contributed by atoms with Gasteiger partial charge in [-0.25, -0.2) is 4.39 Å². The summed E-state index contributed by atoms with van der Waals surface area (Å²) in [6, 6.07) is 26.1. The Bertz CT molecular complexity index is 2140. The van der Waals surface area contributed by atoms with Gasteiger partial charge in [-0.2, -0.15) is 9.83 Å². The molecule has 0 atom stereocenters. The van der Waals surface area contributed by atoms with Gasteiger partial charge in [0.1, 0.15) is 29.4 Å². The summed E-state index contributed by atoms with van der Waals surface area (Å²) in [4.78, 5) is 0. The molecule has 0 bridgehead atoms. The molecular weight excluding hydrogens is 475 g/mol. The van der Waals surface area contributed by atoms with E-state index in [0.29, 0.717) is 22.3 Å². The lowest BCUT2D eigenvalue weighted by molar-refractivity contribution is -0.662. The average molecular weight is 498 g/mol. The van der Waals surface area contributed by atoms with E-state index in [9.17, 15) is 9.65 Å². The Balaban J connectivity index is 1.55. The first-order chi connectivity index (χ1) is 18.4. The lowest BCUT2D eigenvalue weighted by atomic mass is 9.95. The van der Waals surface area contributed by atoms with Crippen LogP contribution in [-0.4, -0.2) is 0 Å². The third-order valence-corrected chi connectivity index (χ3v) is 7.48. The Labute approximate surface area is 217 Å². The minimum absolute atomic E-state index is 0.257. The number of halogens is 1. The van der Waals surface area contributed by atoms with Crippen molar-refractivity contribution < 1.29 is 17.8 Å².